The molecule has 0 unspecified atom stereocenters. The van der Waals surface area contributed by atoms with Crippen LogP contribution in [0.3, 0.4) is 0 Å². The topological polar surface area (TPSA) is 20.3 Å². The van der Waals surface area contributed by atoms with Gasteiger partial charge in [0.2, 0.25) is 0 Å². The molecule has 1 atom stereocenters. The van der Waals surface area contributed by atoms with E-state index in [0.717, 1.165) is 23.4 Å². The number of hydrogen-bond donors (Lipinski definition) is 0. The van der Waals surface area contributed by atoms with Gasteiger partial charge in [0.1, 0.15) is 0 Å². The van der Waals surface area contributed by atoms with Crippen molar-refractivity contribution in [1.82, 2.24) is 0 Å². The van der Waals surface area contributed by atoms with E-state index < -0.39 is 0 Å². The fraction of sp³-hybridized carbons (Fsp3) is 0.312. The third kappa shape index (κ3) is 2.19. The average Bonchev–Trinajstić information content (AvgIpc) is 2.85. The number of rotatable bonds is 1. The lowest BCUT2D eigenvalue weighted by Gasteiger charge is -2.35. The number of amides is 1. The van der Waals surface area contributed by atoms with Crippen molar-refractivity contribution in [2.75, 3.05) is 4.90 Å². The van der Waals surface area contributed by atoms with Crippen molar-refractivity contribution in [3.05, 3.63) is 51.7 Å². The second-order valence-corrected chi connectivity index (χ2v) is 6.39. The van der Waals surface area contributed by atoms with Crippen LogP contribution in [0.15, 0.2) is 36.4 Å². The fourth-order valence-corrected chi connectivity index (χ4v) is 3.47. The Kier molecular flexibility index (Phi) is 3.15. The lowest BCUT2D eigenvalue weighted by molar-refractivity contribution is 0.0979. The Morgan fingerprint density at radius 3 is 2.79 bits per heavy atom. The van der Waals surface area contributed by atoms with E-state index in [1.165, 1.54) is 10.4 Å². The number of aryl methyl sites for hydroxylation is 2. The maximum atomic E-state index is 12.7. The summed E-state index contributed by atoms with van der Waals surface area (Å²) in [7, 11) is 0. The zero-order valence-corrected chi connectivity index (χ0v) is 12.0. The number of anilines is 1. The molecule has 98 valence electrons. The smallest absolute Gasteiger partial charge is 0.268 e. The molecule has 0 spiro atoms. The summed E-state index contributed by atoms with van der Waals surface area (Å²) in [6.07, 6.45) is 2.09. The molecule has 0 saturated heterocycles. The molecular formula is C16H17NOS. The van der Waals surface area contributed by atoms with Gasteiger partial charge in [-0.1, -0.05) is 18.2 Å². The summed E-state index contributed by atoms with van der Waals surface area (Å²) in [6.45, 7) is 4.17. The van der Waals surface area contributed by atoms with E-state index in [9.17, 15) is 4.79 Å². The summed E-state index contributed by atoms with van der Waals surface area (Å²) in [6, 6.07) is 12.5. The SMILES string of the molecule is Cc1ccc(C(=O)N2c3ccccc3CC[C@@H]2C)s1. The molecule has 1 aliphatic rings. The van der Waals surface area contributed by atoms with Crippen LogP contribution in [0.2, 0.25) is 0 Å². The van der Waals surface area contributed by atoms with Crippen LogP contribution in [0, 0.1) is 6.92 Å². The van der Waals surface area contributed by atoms with Crippen molar-refractivity contribution in [1.29, 1.82) is 0 Å². The molecule has 0 bridgehead atoms. The van der Waals surface area contributed by atoms with Gasteiger partial charge in [0.25, 0.3) is 5.91 Å². The molecule has 2 heterocycles. The van der Waals surface area contributed by atoms with Crippen LogP contribution in [-0.4, -0.2) is 11.9 Å². The van der Waals surface area contributed by atoms with E-state index in [4.69, 9.17) is 0 Å². The summed E-state index contributed by atoms with van der Waals surface area (Å²) >= 11 is 1.57. The van der Waals surface area contributed by atoms with Crippen LogP contribution in [-0.2, 0) is 6.42 Å². The fourth-order valence-electron chi connectivity index (χ4n) is 2.67. The molecule has 0 fully saturated rings. The number of benzene rings is 1. The first-order valence-corrected chi connectivity index (χ1v) is 7.46. The number of carbonyl (C=O) groups is 1. The van der Waals surface area contributed by atoms with Gasteiger partial charge >= 0.3 is 0 Å². The summed E-state index contributed by atoms with van der Waals surface area (Å²) in [5, 5.41) is 0. The number of thiophene rings is 1. The molecule has 2 nitrogen and oxygen atoms in total. The Morgan fingerprint density at radius 2 is 2.05 bits per heavy atom. The summed E-state index contributed by atoms with van der Waals surface area (Å²) in [5.74, 6) is 0.137. The second-order valence-electron chi connectivity index (χ2n) is 5.10. The molecule has 3 heteroatoms. The standard InChI is InChI=1S/C16H17NOS/c1-11-7-9-13-5-3-4-6-14(13)17(11)16(18)15-10-8-12(2)19-15/h3-6,8,10-11H,7,9H2,1-2H3/t11-/m0/s1. The van der Waals surface area contributed by atoms with E-state index in [1.54, 1.807) is 11.3 Å². The minimum atomic E-state index is 0.137. The molecule has 0 aliphatic carbocycles. The Labute approximate surface area is 117 Å². The van der Waals surface area contributed by atoms with Crippen molar-refractivity contribution in [2.24, 2.45) is 0 Å². The van der Waals surface area contributed by atoms with E-state index in [1.807, 2.05) is 36.1 Å². The Morgan fingerprint density at radius 1 is 1.26 bits per heavy atom. The van der Waals surface area contributed by atoms with Gasteiger partial charge in [-0.25, -0.2) is 0 Å². The van der Waals surface area contributed by atoms with E-state index in [0.29, 0.717) is 0 Å². The number of para-hydroxylation sites is 1. The van der Waals surface area contributed by atoms with Gasteiger partial charge in [-0.2, -0.15) is 0 Å². The maximum absolute atomic E-state index is 12.7. The number of fused-ring (bicyclic) bond motifs is 1. The third-order valence-electron chi connectivity index (χ3n) is 3.69. The second kappa shape index (κ2) is 4.82. The maximum Gasteiger partial charge on any atom is 0.268 e. The molecule has 3 rings (SSSR count). The Bertz CT molecular complexity index is 617. The number of nitrogens with zero attached hydrogens (tertiary/aromatic N) is 1. The van der Waals surface area contributed by atoms with E-state index in [2.05, 4.69) is 19.1 Å². The lowest BCUT2D eigenvalue weighted by Crippen LogP contribution is -2.41. The highest BCUT2D eigenvalue weighted by Gasteiger charge is 2.29. The predicted molar refractivity (Wildman–Crippen MR) is 80.1 cm³/mol. The van der Waals surface area contributed by atoms with Crippen LogP contribution in [0.25, 0.3) is 0 Å². The molecule has 2 aromatic rings. The van der Waals surface area contributed by atoms with Gasteiger partial charge in [-0.3, -0.25) is 4.79 Å². The normalized spacial score (nSPS) is 18.2. The van der Waals surface area contributed by atoms with Gasteiger partial charge < -0.3 is 4.90 Å². The van der Waals surface area contributed by atoms with Crippen molar-refractivity contribution < 1.29 is 4.79 Å². The van der Waals surface area contributed by atoms with Crippen molar-refractivity contribution in [2.45, 2.75) is 32.7 Å². The molecule has 0 saturated carbocycles. The largest absolute Gasteiger partial charge is 0.305 e. The number of hydrogen-bond acceptors (Lipinski definition) is 2. The van der Waals surface area contributed by atoms with Crippen LogP contribution < -0.4 is 4.90 Å². The Balaban J connectivity index is 2.02. The zero-order chi connectivity index (χ0) is 13.4. The molecular weight excluding hydrogens is 254 g/mol. The predicted octanol–water partition coefficient (Wildman–Crippen LogP) is 4.04. The van der Waals surface area contributed by atoms with Crippen LogP contribution >= 0.6 is 11.3 Å². The average molecular weight is 271 g/mol. The summed E-state index contributed by atoms with van der Waals surface area (Å²) in [5.41, 5.74) is 2.36. The monoisotopic (exact) mass is 271 g/mol. The Hall–Kier alpha value is -1.61. The summed E-state index contributed by atoms with van der Waals surface area (Å²) in [4.78, 5) is 16.7. The third-order valence-corrected chi connectivity index (χ3v) is 4.68. The van der Waals surface area contributed by atoms with Crippen molar-refractivity contribution >= 4 is 22.9 Å². The molecule has 1 aromatic carbocycles. The zero-order valence-electron chi connectivity index (χ0n) is 11.2. The highest BCUT2D eigenvalue weighted by atomic mass is 32.1. The molecule has 1 aromatic heterocycles. The number of carbonyl (C=O) groups excluding carboxylic acids is 1. The van der Waals surface area contributed by atoms with Gasteiger partial charge in [0.15, 0.2) is 0 Å². The van der Waals surface area contributed by atoms with Gasteiger partial charge in [-0.05, 0) is 50.5 Å². The van der Waals surface area contributed by atoms with E-state index >= 15 is 0 Å². The first-order valence-electron chi connectivity index (χ1n) is 6.64. The highest BCUT2D eigenvalue weighted by molar-refractivity contribution is 7.14. The van der Waals surface area contributed by atoms with Gasteiger partial charge in [0.05, 0.1) is 4.88 Å². The van der Waals surface area contributed by atoms with E-state index in [-0.39, 0.29) is 11.9 Å². The first-order chi connectivity index (χ1) is 9.16. The van der Waals surface area contributed by atoms with Crippen molar-refractivity contribution in [3.63, 3.8) is 0 Å². The first kappa shape index (κ1) is 12.4. The summed E-state index contributed by atoms with van der Waals surface area (Å²) < 4.78 is 0. The quantitative estimate of drug-likeness (QED) is 0.766. The molecule has 0 N–H and O–H groups in total. The minimum absolute atomic E-state index is 0.137. The highest BCUT2D eigenvalue weighted by Crippen LogP contribution is 2.32. The lowest BCUT2D eigenvalue weighted by atomic mass is 9.96. The molecule has 1 amide bonds. The minimum Gasteiger partial charge on any atom is -0.305 e. The molecule has 19 heavy (non-hydrogen) atoms. The molecule has 0 radical (unpaired) electrons. The van der Waals surface area contributed by atoms with Crippen LogP contribution in [0.4, 0.5) is 5.69 Å². The van der Waals surface area contributed by atoms with Gasteiger partial charge in [-0.15, -0.1) is 11.3 Å². The van der Waals surface area contributed by atoms with Gasteiger partial charge in [0, 0.05) is 16.6 Å². The molecule has 1 aliphatic heterocycles. The van der Waals surface area contributed by atoms with Crippen LogP contribution in [0.1, 0.15) is 33.5 Å². The van der Waals surface area contributed by atoms with Crippen LogP contribution in [0.5, 0.6) is 0 Å². The van der Waals surface area contributed by atoms with Crippen molar-refractivity contribution in [3.8, 4) is 0 Å².